The van der Waals surface area contributed by atoms with Crippen LogP contribution in [0.3, 0.4) is 0 Å². The van der Waals surface area contributed by atoms with Crippen molar-refractivity contribution in [3.63, 3.8) is 0 Å². The maximum atomic E-state index is 8.69. The molecule has 0 amide bonds. The fourth-order valence-electron chi connectivity index (χ4n) is 19.2. The van der Waals surface area contributed by atoms with Crippen molar-refractivity contribution in [2.75, 3.05) is 0 Å². The molecule has 0 N–H and O–H groups in total. The Morgan fingerprint density at radius 1 is 0.312 bits per heavy atom. The summed E-state index contributed by atoms with van der Waals surface area (Å²) in [6, 6.07) is 17.0. The number of hydrogen-bond acceptors (Lipinski definition) is 3. The third-order valence-corrected chi connectivity index (χ3v) is 95.1. The van der Waals surface area contributed by atoms with Gasteiger partial charge in [-0.15, -0.1) is 0 Å². The van der Waals surface area contributed by atoms with Crippen molar-refractivity contribution in [3.8, 4) is 0 Å². The van der Waals surface area contributed by atoms with Crippen molar-refractivity contribution < 1.29 is 2.79 Å². The Hall–Kier alpha value is 1.00. The third kappa shape index (κ3) is 16.2. The summed E-state index contributed by atoms with van der Waals surface area (Å²) in [5.74, 6) is 0. The normalized spacial score (nSPS) is 16.3. The zero-order valence-corrected chi connectivity index (χ0v) is 76.9. The van der Waals surface area contributed by atoms with Gasteiger partial charge in [0, 0.05) is 0 Å². The van der Waals surface area contributed by atoms with Crippen molar-refractivity contribution >= 4 is 137 Å². The molecule has 454 valence electrons. The first-order valence-electron chi connectivity index (χ1n) is 31.4. The van der Waals surface area contributed by atoms with Crippen LogP contribution >= 0.6 is 8.31 Å². The van der Waals surface area contributed by atoms with Gasteiger partial charge in [-0.2, -0.15) is 0 Å². The van der Waals surface area contributed by atoms with Crippen LogP contribution in [-0.2, 0) is 2.79 Å². The monoisotopic (exact) mass is 1500 g/mol. The maximum absolute atomic E-state index is 8.69. The van der Waals surface area contributed by atoms with Gasteiger partial charge in [-0.05, 0) is 0 Å². The van der Waals surface area contributed by atoms with Gasteiger partial charge in [0.1, 0.15) is 0 Å². The van der Waals surface area contributed by atoms with Gasteiger partial charge in [-0.25, -0.2) is 0 Å². The average Bonchev–Trinajstić information content (AvgIpc) is 3.51. The number of aryl methyl sites for hydroxylation is 3. The number of rotatable bonds is 21. The zero-order chi connectivity index (χ0) is 62.8. The summed E-state index contributed by atoms with van der Waals surface area (Å²) in [7, 11) is -20.4. The molecular formula is C64H129NOPbSSi12. The molecule has 16 heteroatoms. The first-order valence-corrected chi connectivity index (χ1v) is 85.4. The van der Waals surface area contributed by atoms with Crippen LogP contribution in [0.1, 0.15) is 86.6 Å². The zero-order valence-electron chi connectivity index (χ0n) is 60.2. The van der Waals surface area contributed by atoms with E-state index in [-0.39, 0.29) is 0 Å². The molecule has 3 aromatic carbocycles. The summed E-state index contributed by atoms with van der Waals surface area (Å²) in [4.78, 5) is 0. The van der Waals surface area contributed by atoms with E-state index < -0.39 is 117 Å². The molecule has 0 aromatic heterocycles. The van der Waals surface area contributed by atoms with E-state index in [1.54, 1.807) is 39.6 Å². The van der Waals surface area contributed by atoms with E-state index in [1.165, 1.54) is 27.3 Å². The van der Waals surface area contributed by atoms with E-state index >= 15 is 0 Å². The molecule has 1 aliphatic rings. The van der Waals surface area contributed by atoms with Crippen LogP contribution in [0.4, 0.5) is 0 Å². The van der Waals surface area contributed by atoms with Gasteiger partial charge < -0.3 is 0 Å². The van der Waals surface area contributed by atoms with Gasteiger partial charge in [-0.3, -0.25) is 0 Å². The van der Waals surface area contributed by atoms with Crippen LogP contribution in [-0.4, -0.2) is 122 Å². The molecule has 0 spiro atoms. The molecule has 0 aliphatic carbocycles. The molecule has 0 radical (unpaired) electrons. The standard InChI is InChI=1S/2C27H59Si6.C10H13NOS.Pb/c2*1-28(2,3)25(29(4,5)6)22-19-23(26(30(7,8)9)31(10,11)12)21-24(20-22)27(32(13,14)15)33(16,17)18;1-6-4-7(2)9(8(3)5-6)10(13)11-12;/h2*19-20,25-27H,1-18H3;4-5,12H,1-3H3,(H,11,13);/q;;;+2/p-2. The van der Waals surface area contributed by atoms with E-state index in [2.05, 4.69) is 301 Å². The summed E-state index contributed by atoms with van der Waals surface area (Å²) in [5.41, 5.74) is 16.0. The minimum atomic E-state index is -5.23. The first kappa shape index (κ1) is 73.5. The van der Waals surface area contributed by atoms with Crippen molar-refractivity contribution in [2.24, 2.45) is 5.16 Å². The van der Waals surface area contributed by atoms with Gasteiger partial charge in [-0.1, -0.05) is 0 Å². The van der Waals surface area contributed by atoms with Crippen LogP contribution in [0.25, 0.3) is 0 Å². The molecule has 0 bridgehead atoms. The molecule has 0 fully saturated rings. The van der Waals surface area contributed by atoms with Crippen LogP contribution in [0.2, 0.25) is 236 Å². The number of benzene rings is 3. The van der Waals surface area contributed by atoms with Crippen LogP contribution in [0.5, 0.6) is 0 Å². The first-order chi connectivity index (χ1) is 35.0. The molecule has 3 aromatic rings. The molecule has 0 atom stereocenters. The number of oxime groups is 1. The van der Waals surface area contributed by atoms with E-state index in [0.717, 1.165) is 0 Å². The van der Waals surface area contributed by atoms with E-state index in [0.29, 0.717) is 31.0 Å². The third-order valence-electron chi connectivity index (χ3n) is 17.8. The fourth-order valence-corrected chi connectivity index (χ4v) is 125. The number of nitrogens with zero attached hydrogens (tertiary/aromatic N) is 1. The molecule has 0 unspecified atom stereocenters. The Kier molecular flexibility index (Phi) is 21.8. The van der Waals surface area contributed by atoms with Gasteiger partial charge in [0.2, 0.25) is 0 Å². The van der Waals surface area contributed by atoms with Crippen molar-refractivity contribution in [3.05, 3.63) is 92.0 Å². The quantitative estimate of drug-likeness (QED) is 0.0992. The van der Waals surface area contributed by atoms with Crippen molar-refractivity contribution in [1.82, 2.24) is 0 Å². The molecule has 4 rings (SSSR count). The molecule has 1 heterocycles. The Labute approximate surface area is 518 Å². The fraction of sp³-hybridized carbons (Fsp3) is 0.703. The molecule has 0 saturated heterocycles. The summed E-state index contributed by atoms with van der Waals surface area (Å²) < 4.78 is 12.3. The Balaban J connectivity index is 2.88. The second kappa shape index (κ2) is 23.7. The van der Waals surface area contributed by atoms with Gasteiger partial charge >= 0.3 is 524 Å². The SMILES string of the molecule is Cc1cc(C)c(C2=N[O][Pb]([c]3c(C([Si](C)(C)C)[Si](C)(C)C)cc(C([Si](C)(C)C)[Si](C)(C)C)cc3C([Si](C)(C)C)[Si](C)(C)C)([c]3c(C([Si](C)(C)C)[Si](C)(C)C)cc(C([Si](C)(C)C)[Si](C)(C)C)cc3C([Si](C)(C)C)[Si](C)(C)C)[S]2)c(C)c1. The van der Waals surface area contributed by atoms with Crippen LogP contribution in [0.15, 0.2) is 41.6 Å². The van der Waals surface area contributed by atoms with Crippen molar-refractivity contribution in [1.29, 1.82) is 0 Å². The van der Waals surface area contributed by atoms with Crippen LogP contribution < -0.4 is 6.25 Å². The predicted octanol–water partition coefficient (Wildman–Crippen LogP) is 21.3. The van der Waals surface area contributed by atoms with E-state index in [9.17, 15) is 0 Å². The average molecular weight is 1510 g/mol. The van der Waals surface area contributed by atoms with Gasteiger partial charge in [0.05, 0.1) is 0 Å². The molecule has 1 aliphatic heterocycles. The summed E-state index contributed by atoms with van der Waals surface area (Å²) in [5, 5.41) is 10.6. The van der Waals surface area contributed by atoms with E-state index in [1.807, 2.05) is 0 Å². The Morgan fingerprint density at radius 3 is 0.700 bits per heavy atom. The van der Waals surface area contributed by atoms with Gasteiger partial charge in [0.25, 0.3) is 0 Å². The topological polar surface area (TPSA) is 21.6 Å². The Morgan fingerprint density at radius 2 is 0.512 bits per heavy atom. The number of hydrogen-bond donors (Lipinski definition) is 0. The molecule has 2 nitrogen and oxygen atoms in total. The second-order valence-corrected chi connectivity index (χ2v) is 124. The predicted molar refractivity (Wildman–Crippen MR) is 410 cm³/mol. The van der Waals surface area contributed by atoms with Crippen LogP contribution in [0, 0.1) is 20.8 Å². The van der Waals surface area contributed by atoms with Gasteiger partial charge in [0.15, 0.2) is 0 Å². The molecular weight excluding hydrogens is 1380 g/mol. The summed E-state index contributed by atoms with van der Waals surface area (Å²) in [6.07, 6.45) is 0. The summed E-state index contributed by atoms with van der Waals surface area (Å²) in [6.45, 7) is 106. The second-order valence-electron chi connectivity index (χ2n) is 39.1. The minimum absolute atomic E-state index is 0.549. The molecule has 80 heavy (non-hydrogen) atoms. The summed E-state index contributed by atoms with van der Waals surface area (Å²) >= 11 is -5.23. The molecule has 0 saturated carbocycles. The van der Waals surface area contributed by atoms with E-state index in [4.69, 9.17) is 7.94 Å². The Bertz CT molecular complexity index is 2400. The van der Waals surface area contributed by atoms with Crippen molar-refractivity contribution in [2.45, 2.75) is 287 Å².